The van der Waals surface area contributed by atoms with Crippen LogP contribution in [0.25, 0.3) is 0 Å². The molecule has 1 N–H and O–H groups in total. The molecular weight excluding hydrogens is 218 g/mol. The standard InChI is InChI=1S/C13H15NO3/c1-3-9-5-10(7-13(16)17-4-2)11(8-14)6-12(9)15/h5-6,15H,3-4,7H2,1-2H3. The maximum atomic E-state index is 11.4. The maximum absolute atomic E-state index is 11.4. The van der Waals surface area contributed by atoms with Crippen molar-refractivity contribution in [1.82, 2.24) is 0 Å². The summed E-state index contributed by atoms with van der Waals surface area (Å²) in [5.74, 6) is -0.270. The Kier molecular flexibility index (Phi) is 4.53. The Hall–Kier alpha value is -2.02. The second kappa shape index (κ2) is 5.90. The average Bonchev–Trinajstić information content (AvgIpc) is 2.31. The molecule has 1 aromatic carbocycles. The van der Waals surface area contributed by atoms with E-state index in [0.717, 1.165) is 5.56 Å². The number of carbonyl (C=O) groups excluding carboxylic acids is 1. The average molecular weight is 233 g/mol. The van der Waals surface area contributed by atoms with Crippen molar-refractivity contribution in [1.29, 1.82) is 5.26 Å². The number of aryl methyl sites for hydroxylation is 1. The summed E-state index contributed by atoms with van der Waals surface area (Å²) >= 11 is 0. The van der Waals surface area contributed by atoms with Crippen molar-refractivity contribution >= 4 is 5.97 Å². The minimum Gasteiger partial charge on any atom is -0.508 e. The maximum Gasteiger partial charge on any atom is 0.310 e. The fourth-order valence-corrected chi connectivity index (χ4v) is 1.59. The van der Waals surface area contributed by atoms with Gasteiger partial charge in [-0.05, 0) is 30.5 Å². The van der Waals surface area contributed by atoms with Crippen LogP contribution in [0.1, 0.15) is 30.5 Å². The zero-order valence-corrected chi connectivity index (χ0v) is 9.99. The van der Waals surface area contributed by atoms with Crippen LogP contribution in [-0.2, 0) is 22.4 Å². The van der Waals surface area contributed by atoms with Crippen LogP contribution < -0.4 is 0 Å². The summed E-state index contributed by atoms with van der Waals surface area (Å²) < 4.78 is 4.84. The molecule has 1 aromatic rings. The molecule has 1 rings (SSSR count). The number of carbonyl (C=O) groups is 1. The van der Waals surface area contributed by atoms with Gasteiger partial charge >= 0.3 is 5.97 Å². The zero-order valence-electron chi connectivity index (χ0n) is 9.99. The van der Waals surface area contributed by atoms with E-state index >= 15 is 0 Å². The molecule has 17 heavy (non-hydrogen) atoms. The Morgan fingerprint density at radius 2 is 2.12 bits per heavy atom. The Morgan fingerprint density at radius 1 is 1.41 bits per heavy atom. The molecule has 0 aliphatic carbocycles. The lowest BCUT2D eigenvalue weighted by Crippen LogP contribution is -2.09. The molecule has 0 radical (unpaired) electrons. The lowest BCUT2D eigenvalue weighted by molar-refractivity contribution is -0.142. The molecule has 0 bridgehead atoms. The number of nitrogens with zero attached hydrogens (tertiary/aromatic N) is 1. The zero-order chi connectivity index (χ0) is 12.8. The van der Waals surface area contributed by atoms with Gasteiger partial charge in [-0.1, -0.05) is 13.0 Å². The van der Waals surface area contributed by atoms with Crippen LogP contribution in [0.3, 0.4) is 0 Å². The van der Waals surface area contributed by atoms with E-state index < -0.39 is 0 Å². The first kappa shape index (κ1) is 13.0. The molecule has 90 valence electrons. The van der Waals surface area contributed by atoms with Crippen LogP contribution in [0.4, 0.5) is 0 Å². The van der Waals surface area contributed by atoms with E-state index in [1.54, 1.807) is 13.0 Å². The predicted octanol–water partition coefficient (Wildman–Crippen LogP) is 1.93. The van der Waals surface area contributed by atoms with E-state index in [2.05, 4.69) is 0 Å². The minimum absolute atomic E-state index is 0.0595. The summed E-state index contributed by atoms with van der Waals surface area (Å²) in [6.07, 6.45) is 0.706. The number of phenolic OH excluding ortho intramolecular Hbond substituents is 1. The Balaban J connectivity index is 3.05. The van der Waals surface area contributed by atoms with Gasteiger partial charge in [0.2, 0.25) is 0 Å². The van der Waals surface area contributed by atoms with Crippen LogP contribution in [0.15, 0.2) is 12.1 Å². The molecule has 0 unspecified atom stereocenters. The number of esters is 1. The molecule has 4 heteroatoms. The highest BCUT2D eigenvalue weighted by atomic mass is 16.5. The molecular formula is C13H15NO3. The minimum atomic E-state index is -0.364. The van der Waals surface area contributed by atoms with Gasteiger partial charge in [0.25, 0.3) is 0 Å². The highest BCUT2D eigenvalue weighted by Crippen LogP contribution is 2.23. The third-order valence-electron chi connectivity index (χ3n) is 2.45. The Morgan fingerprint density at radius 3 is 2.65 bits per heavy atom. The van der Waals surface area contributed by atoms with Gasteiger partial charge in [0.15, 0.2) is 0 Å². The summed E-state index contributed by atoms with van der Waals surface area (Å²) in [6, 6.07) is 5.05. The van der Waals surface area contributed by atoms with Gasteiger partial charge in [0.1, 0.15) is 5.75 Å². The second-order valence-electron chi connectivity index (χ2n) is 3.59. The van der Waals surface area contributed by atoms with Crippen molar-refractivity contribution in [3.63, 3.8) is 0 Å². The van der Waals surface area contributed by atoms with E-state index in [4.69, 9.17) is 10.00 Å². The molecule has 0 aromatic heterocycles. The van der Waals surface area contributed by atoms with E-state index in [-0.39, 0.29) is 18.1 Å². The van der Waals surface area contributed by atoms with Crippen molar-refractivity contribution in [3.8, 4) is 11.8 Å². The number of rotatable bonds is 4. The molecule has 0 saturated heterocycles. The van der Waals surface area contributed by atoms with Gasteiger partial charge in [-0.3, -0.25) is 4.79 Å². The fourth-order valence-electron chi connectivity index (χ4n) is 1.59. The molecule has 0 saturated carbocycles. The number of benzene rings is 1. The largest absolute Gasteiger partial charge is 0.508 e. The third kappa shape index (κ3) is 3.22. The first-order chi connectivity index (χ1) is 8.12. The van der Waals surface area contributed by atoms with Gasteiger partial charge in [0.05, 0.1) is 24.7 Å². The van der Waals surface area contributed by atoms with E-state index in [0.29, 0.717) is 24.2 Å². The fraction of sp³-hybridized carbons (Fsp3) is 0.385. The smallest absolute Gasteiger partial charge is 0.310 e. The SMILES string of the molecule is CCOC(=O)Cc1cc(CC)c(O)cc1C#N. The lowest BCUT2D eigenvalue weighted by atomic mass is 10.00. The molecule has 0 spiro atoms. The predicted molar refractivity (Wildman–Crippen MR) is 62.5 cm³/mol. The highest BCUT2D eigenvalue weighted by Gasteiger charge is 2.12. The molecule has 0 amide bonds. The van der Waals surface area contributed by atoms with Crippen LogP contribution in [0.5, 0.6) is 5.75 Å². The van der Waals surface area contributed by atoms with Gasteiger partial charge in [-0.25, -0.2) is 0 Å². The Labute approximate surface area is 100 Å². The number of hydrogen-bond acceptors (Lipinski definition) is 4. The highest BCUT2D eigenvalue weighted by molar-refractivity contribution is 5.74. The van der Waals surface area contributed by atoms with Crippen LogP contribution >= 0.6 is 0 Å². The lowest BCUT2D eigenvalue weighted by Gasteiger charge is -2.08. The molecule has 0 aliphatic rings. The number of hydrogen-bond donors (Lipinski definition) is 1. The third-order valence-corrected chi connectivity index (χ3v) is 2.45. The van der Waals surface area contributed by atoms with Crippen molar-refractivity contribution in [2.45, 2.75) is 26.7 Å². The molecule has 0 aliphatic heterocycles. The second-order valence-corrected chi connectivity index (χ2v) is 3.59. The topological polar surface area (TPSA) is 70.3 Å². The van der Waals surface area contributed by atoms with Crippen molar-refractivity contribution in [2.75, 3.05) is 6.61 Å². The number of ether oxygens (including phenoxy) is 1. The molecule has 0 atom stereocenters. The van der Waals surface area contributed by atoms with Gasteiger partial charge < -0.3 is 9.84 Å². The monoisotopic (exact) mass is 233 g/mol. The quantitative estimate of drug-likeness (QED) is 0.807. The first-order valence-corrected chi connectivity index (χ1v) is 5.52. The van der Waals surface area contributed by atoms with Crippen molar-refractivity contribution in [2.24, 2.45) is 0 Å². The van der Waals surface area contributed by atoms with Crippen LogP contribution in [0.2, 0.25) is 0 Å². The molecule has 0 heterocycles. The number of phenols is 1. The van der Waals surface area contributed by atoms with Gasteiger partial charge in [-0.15, -0.1) is 0 Å². The number of nitriles is 1. The summed E-state index contributed by atoms with van der Waals surface area (Å²) in [4.78, 5) is 11.4. The number of aromatic hydroxyl groups is 1. The first-order valence-electron chi connectivity index (χ1n) is 5.52. The molecule has 0 fully saturated rings. The Bertz CT molecular complexity index is 460. The van der Waals surface area contributed by atoms with E-state index in [1.807, 2.05) is 13.0 Å². The van der Waals surface area contributed by atoms with Crippen LogP contribution in [-0.4, -0.2) is 17.7 Å². The van der Waals surface area contributed by atoms with Crippen LogP contribution in [0, 0.1) is 11.3 Å². The van der Waals surface area contributed by atoms with Gasteiger partial charge in [0, 0.05) is 0 Å². The summed E-state index contributed by atoms with van der Waals surface area (Å²) in [5, 5.41) is 18.6. The van der Waals surface area contributed by atoms with Crippen molar-refractivity contribution in [3.05, 3.63) is 28.8 Å². The van der Waals surface area contributed by atoms with E-state index in [9.17, 15) is 9.90 Å². The molecule has 4 nitrogen and oxygen atoms in total. The van der Waals surface area contributed by atoms with Crippen molar-refractivity contribution < 1.29 is 14.6 Å². The normalized spacial score (nSPS) is 9.71. The summed E-state index contributed by atoms with van der Waals surface area (Å²) in [5.41, 5.74) is 1.64. The van der Waals surface area contributed by atoms with E-state index in [1.165, 1.54) is 6.07 Å². The summed E-state index contributed by atoms with van der Waals surface area (Å²) in [6.45, 7) is 3.95. The van der Waals surface area contributed by atoms with Gasteiger partial charge in [-0.2, -0.15) is 5.26 Å². The summed E-state index contributed by atoms with van der Waals surface area (Å²) in [7, 11) is 0.